The Morgan fingerprint density at radius 1 is 1.55 bits per heavy atom. The Labute approximate surface area is 131 Å². The fraction of sp³-hybridized carbons (Fsp3) is 0.357. The van der Waals surface area contributed by atoms with E-state index in [2.05, 4.69) is 20.5 Å². The molecule has 22 heavy (non-hydrogen) atoms. The minimum atomic E-state index is -0.440. The van der Waals surface area contributed by atoms with Crippen LogP contribution in [-0.2, 0) is 4.74 Å². The molecule has 116 valence electrons. The van der Waals surface area contributed by atoms with Gasteiger partial charge in [0.1, 0.15) is 18.2 Å². The van der Waals surface area contributed by atoms with E-state index in [9.17, 15) is 9.18 Å². The van der Waals surface area contributed by atoms with Gasteiger partial charge in [-0.25, -0.2) is 9.37 Å². The lowest BCUT2D eigenvalue weighted by Gasteiger charge is -2.18. The Kier molecular flexibility index (Phi) is 4.08. The number of nitrogens with zero attached hydrogens (tertiary/aromatic N) is 2. The molecule has 1 aliphatic rings. The Hall–Kier alpha value is -1.99. The van der Waals surface area contributed by atoms with Crippen molar-refractivity contribution in [2.45, 2.75) is 25.5 Å². The molecule has 3 rings (SSSR count). The summed E-state index contributed by atoms with van der Waals surface area (Å²) in [5.74, 6) is -0.248. The normalized spacial score (nSPS) is 21.0. The van der Waals surface area contributed by atoms with Crippen LogP contribution >= 0.6 is 11.6 Å². The lowest BCUT2D eigenvalue weighted by atomic mass is 10.1. The zero-order chi connectivity index (χ0) is 15.7. The number of benzene rings is 1. The molecule has 0 saturated carbocycles. The number of aryl methyl sites for hydroxylation is 1. The fourth-order valence-corrected chi connectivity index (χ4v) is 2.67. The number of carbonyl (C=O) groups is 1. The van der Waals surface area contributed by atoms with E-state index in [-0.39, 0.29) is 28.6 Å². The summed E-state index contributed by atoms with van der Waals surface area (Å²) in [5.41, 5.74) is 0.604. The van der Waals surface area contributed by atoms with Gasteiger partial charge in [0.05, 0.1) is 16.6 Å². The molecule has 1 aromatic carbocycles. The van der Waals surface area contributed by atoms with Gasteiger partial charge in [-0.2, -0.15) is 5.10 Å². The SMILES string of the molecule is Cc1cc(C(=O)N[C@H]2CCO[C@H]2c2ncn[nH]2)c(Cl)cc1F. The Morgan fingerprint density at radius 3 is 3.09 bits per heavy atom. The lowest BCUT2D eigenvalue weighted by molar-refractivity contribution is 0.0792. The standard InChI is InChI=1S/C14H14ClFN4O2/c1-7-4-8(9(15)5-10(7)16)14(21)19-11-2-3-22-12(11)13-17-6-18-20-13/h4-6,11-12H,2-3H2,1H3,(H,19,21)(H,17,18,20)/t11-,12+/m0/s1. The third kappa shape index (κ3) is 2.82. The second-order valence-electron chi connectivity index (χ2n) is 5.11. The quantitative estimate of drug-likeness (QED) is 0.906. The molecule has 0 spiro atoms. The van der Waals surface area contributed by atoms with Gasteiger partial charge < -0.3 is 10.1 Å². The highest BCUT2D eigenvalue weighted by molar-refractivity contribution is 6.33. The topological polar surface area (TPSA) is 79.9 Å². The van der Waals surface area contributed by atoms with Crippen LogP contribution in [0.3, 0.4) is 0 Å². The summed E-state index contributed by atoms with van der Waals surface area (Å²) < 4.78 is 19.0. The molecule has 1 aromatic heterocycles. The molecule has 8 heteroatoms. The summed E-state index contributed by atoms with van der Waals surface area (Å²) in [6, 6.07) is 2.33. The number of H-pyrrole nitrogens is 1. The average molecular weight is 325 g/mol. The first kappa shape index (κ1) is 14.9. The second-order valence-corrected chi connectivity index (χ2v) is 5.52. The summed E-state index contributed by atoms with van der Waals surface area (Å²) in [7, 11) is 0. The number of amides is 1. The predicted molar refractivity (Wildman–Crippen MR) is 77.1 cm³/mol. The van der Waals surface area contributed by atoms with E-state index in [1.165, 1.54) is 12.4 Å². The van der Waals surface area contributed by atoms with E-state index in [0.29, 0.717) is 24.4 Å². The van der Waals surface area contributed by atoms with Crippen LogP contribution in [0.5, 0.6) is 0 Å². The van der Waals surface area contributed by atoms with Crippen molar-refractivity contribution >= 4 is 17.5 Å². The third-order valence-corrected chi connectivity index (χ3v) is 3.92. The summed E-state index contributed by atoms with van der Waals surface area (Å²) >= 11 is 5.96. The van der Waals surface area contributed by atoms with Gasteiger partial charge in [-0.15, -0.1) is 0 Å². The molecule has 0 radical (unpaired) electrons. The van der Waals surface area contributed by atoms with E-state index in [1.807, 2.05) is 0 Å². The number of nitrogens with one attached hydrogen (secondary N) is 2. The minimum absolute atomic E-state index is 0.0794. The molecule has 2 N–H and O–H groups in total. The van der Waals surface area contributed by atoms with E-state index >= 15 is 0 Å². The van der Waals surface area contributed by atoms with Gasteiger partial charge >= 0.3 is 0 Å². The number of ether oxygens (including phenoxy) is 1. The summed E-state index contributed by atoms with van der Waals surface area (Å²) in [4.78, 5) is 16.4. The van der Waals surface area contributed by atoms with Gasteiger partial charge in [-0.1, -0.05) is 11.6 Å². The molecule has 6 nitrogen and oxygen atoms in total. The Balaban J connectivity index is 1.78. The average Bonchev–Trinajstić information content (AvgIpc) is 3.13. The molecule has 2 atom stereocenters. The number of halogens is 2. The van der Waals surface area contributed by atoms with Gasteiger partial charge in [0, 0.05) is 6.61 Å². The molecule has 0 bridgehead atoms. The van der Waals surface area contributed by atoms with E-state index in [0.717, 1.165) is 6.07 Å². The Morgan fingerprint density at radius 2 is 2.36 bits per heavy atom. The van der Waals surface area contributed by atoms with Crippen molar-refractivity contribution < 1.29 is 13.9 Å². The van der Waals surface area contributed by atoms with Crippen LogP contribution in [0.2, 0.25) is 5.02 Å². The Bertz CT molecular complexity index is 692. The zero-order valence-electron chi connectivity index (χ0n) is 11.8. The van der Waals surface area contributed by atoms with Crippen LogP contribution in [0.25, 0.3) is 0 Å². The lowest BCUT2D eigenvalue weighted by Crippen LogP contribution is -2.37. The maximum absolute atomic E-state index is 13.4. The summed E-state index contributed by atoms with van der Waals surface area (Å²) in [6.07, 6.45) is 1.65. The highest BCUT2D eigenvalue weighted by Crippen LogP contribution is 2.27. The summed E-state index contributed by atoms with van der Waals surface area (Å²) in [6.45, 7) is 2.09. The van der Waals surface area contributed by atoms with Crippen molar-refractivity contribution in [2.75, 3.05) is 6.61 Å². The molecule has 1 saturated heterocycles. The maximum atomic E-state index is 13.4. The first-order valence-corrected chi connectivity index (χ1v) is 7.17. The number of aromatic nitrogens is 3. The van der Waals surface area contributed by atoms with E-state index < -0.39 is 5.82 Å². The number of aromatic amines is 1. The monoisotopic (exact) mass is 324 g/mol. The molecule has 1 amide bonds. The van der Waals surface area contributed by atoms with Gasteiger partial charge in [-0.3, -0.25) is 9.89 Å². The van der Waals surface area contributed by atoms with Gasteiger partial charge in [0.2, 0.25) is 0 Å². The molecule has 0 aliphatic carbocycles. The number of hydrogen-bond acceptors (Lipinski definition) is 4. The first-order chi connectivity index (χ1) is 10.6. The molecular formula is C14H14ClFN4O2. The number of carbonyl (C=O) groups excluding carboxylic acids is 1. The van der Waals surface area contributed by atoms with Gasteiger partial charge in [0.15, 0.2) is 5.82 Å². The molecule has 1 fully saturated rings. The first-order valence-electron chi connectivity index (χ1n) is 6.79. The number of hydrogen-bond donors (Lipinski definition) is 2. The van der Waals surface area contributed by atoms with Crippen LogP contribution in [-0.4, -0.2) is 33.7 Å². The zero-order valence-corrected chi connectivity index (χ0v) is 12.5. The third-order valence-electron chi connectivity index (χ3n) is 3.60. The number of rotatable bonds is 3. The van der Waals surface area contributed by atoms with Crippen molar-refractivity contribution in [3.8, 4) is 0 Å². The fourth-order valence-electron chi connectivity index (χ4n) is 2.44. The van der Waals surface area contributed by atoms with Gasteiger partial charge in [-0.05, 0) is 31.0 Å². The maximum Gasteiger partial charge on any atom is 0.253 e. The highest BCUT2D eigenvalue weighted by atomic mass is 35.5. The highest BCUT2D eigenvalue weighted by Gasteiger charge is 2.33. The molecule has 0 unspecified atom stereocenters. The van der Waals surface area contributed by atoms with Crippen LogP contribution < -0.4 is 5.32 Å². The summed E-state index contributed by atoms with van der Waals surface area (Å²) in [5, 5.41) is 9.46. The van der Waals surface area contributed by atoms with Crippen molar-refractivity contribution in [1.29, 1.82) is 0 Å². The van der Waals surface area contributed by atoms with E-state index in [4.69, 9.17) is 16.3 Å². The largest absolute Gasteiger partial charge is 0.368 e. The predicted octanol–water partition coefficient (Wildman–Crippen LogP) is 2.17. The van der Waals surface area contributed by atoms with Crippen LogP contribution in [0.1, 0.15) is 34.3 Å². The van der Waals surface area contributed by atoms with Crippen molar-refractivity contribution in [2.24, 2.45) is 0 Å². The van der Waals surface area contributed by atoms with Gasteiger partial charge in [0.25, 0.3) is 5.91 Å². The van der Waals surface area contributed by atoms with Crippen LogP contribution in [0, 0.1) is 12.7 Å². The van der Waals surface area contributed by atoms with E-state index in [1.54, 1.807) is 6.92 Å². The molecule has 2 heterocycles. The second kappa shape index (κ2) is 6.02. The van der Waals surface area contributed by atoms with Crippen molar-refractivity contribution in [1.82, 2.24) is 20.5 Å². The van der Waals surface area contributed by atoms with Crippen LogP contribution in [0.4, 0.5) is 4.39 Å². The smallest absolute Gasteiger partial charge is 0.253 e. The molecular weight excluding hydrogens is 311 g/mol. The van der Waals surface area contributed by atoms with Crippen LogP contribution in [0.15, 0.2) is 18.5 Å². The van der Waals surface area contributed by atoms with Crippen molar-refractivity contribution in [3.05, 3.63) is 46.3 Å². The van der Waals surface area contributed by atoms with Crippen molar-refractivity contribution in [3.63, 3.8) is 0 Å². The molecule has 1 aliphatic heterocycles. The minimum Gasteiger partial charge on any atom is -0.368 e. The molecule has 2 aromatic rings.